The number of hydrogen-bond donors (Lipinski definition) is 0. The first-order chi connectivity index (χ1) is 20.5. The fraction of sp³-hybridized carbons (Fsp3) is 0.421. The summed E-state index contributed by atoms with van der Waals surface area (Å²) in [5, 5.41) is 0. The molecular weight excluding hydrogens is 529 g/mol. The Balaban J connectivity index is 1.18. The minimum Gasteiger partial charge on any atom is -0.486 e. The molecule has 42 heavy (non-hydrogen) atoms. The van der Waals surface area contributed by atoms with Gasteiger partial charge in [0.2, 0.25) is 5.82 Å². The summed E-state index contributed by atoms with van der Waals surface area (Å²) in [7, 11) is 0. The predicted octanol–water partition coefficient (Wildman–Crippen LogP) is 11.4. The summed E-state index contributed by atoms with van der Waals surface area (Å²) >= 11 is 0. The molecule has 2 aliphatic rings. The van der Waals surface area contributed by atoms with Gasteiger partial charge in [-0.1, -0.05) is 74.0 Å². The van der Waals surface area contributed by atoms with E-state index in [4.69, 9.17) is 4.74 Å². The normalized spacial score (nSPS) is 22.8. The van der Waals surface area contributed by atoms with Gasteiger partial charge in [0, 0.05) is 11.1 Å². The van der Waals surface area contributed by atoms with Crippen LogP contribution in [-0.4, -0.2) is 6.61 Å². The first kappa shape index (κ1) is 30.2. The maximum absolute atomic E-state index is 15.4. The van der Waals surface area contributed by atoms with Crippen LogP contribution in [0.25, 0.3) is 22.3 Å². The van der Waals surface area contributed by atoms with Crippen LogP contribution in [0.4, 0.5) is 13.2 Å². The lowest BCUT2D eigenvalue weighted by molar-refractivity contribution is 0.157. The van der Waals surface area contributed by atoms with Crippen molar-refractivity contribution in [3.05, 3.63) is 102 Å². The minimum atomic E-state index is -1.03. The number of hydrogen-bond acceptors (Lipinski definition) is 1. The van der Waals surface area contributed by atoms with Crippen molar-refractivity contribution in [3.63, 3.8) is 0 Å². The van der Waals surface area contributed by atoms with Crippen LogP contribution in [0.3, 0.4) is 0 Å². The number of halogens is 3. The zero-order valence-corrected chi connectivity index (χ0v) is 24.8. The van der Waals surface area contributed by atoms with E-state index < -0.39 is 11.6 Å². The van der Waals surface area contributed by atoms with Gasteiger partial charge in [-0.2, -0.15) is 4.39 Å². The van der Waals surface area contributed by atoms with Crippen molar-refractivity contribution in [1.82, 2.24) is 0 Å². The highest BCUT2D eigenvalue weighted by molar-refractivity contribution is 5.71. The molecule has 0 aliphatic heterocycles. The molecule has 0 aromatic heterocycles. The second-order valence-electron chi connectivity index (χ2n) is 12.2. The smallest absolute Gasteiger partial charge is 0.201 e. The lowest BCUT2D eigenvalue weighted by atomic mass is 9.68. The topological polar surface area (TPSA) is 9.23 Å². The zero-order chi connectivity index (χ0) is 29.5. The van der Waals surface area contributed by atoms with Gasteiger partial charge >= 0.3 is 0 Å². The Hall–Kier alpha value is -3.27. The monoisotopic (exact) mass is 572 g/mol. The standard InChI is InChI=1S/C38H43F3O/c1-3-5-6-7-26-8-10-27(11-9-26)28-12-14-29(15-13-28)32-20-21-33(35(39)25-32)30-16-18-31(19-17-30)34-22-23-36(42-24-4-2)38(41)37(34)40/h3-5,16-23,25-29H,2,6-15,24H2,1H3/b5-3+. The summed E-state index contributed by atoms with van der Waals surface area (Å²) in [4.78, 5) is 0. The molecule has 222 valence electrons. The molecule has 2 saturated carbocycles. The number of rotatable bonds is 10. The van der Waals surface area contributed by atoms with Crippen LogP contribution in [0.1, 0.15) is 82.6 Å². The molecular formula is C38H43F3O. The van der Waals surface area contributed by atoms with Gasteiger partial charge in [-0.05, 0) is 117 Å². The lowest BCUT2D eigenvalue weighted by Gasteiger charge is -2.38. The summed E-state index contributed by atoms with van der Waals surface area (Å²) < 4.78 is 49.7. The van der Waals surface area contributed by atoms with Crippen LogP contribution < -0.4 is 4.74 Å². The summed E-state index contributed by atoms with van der Waals surface area (Å²) in [6.07, 6.45) is 18.8. The Labute approximate surface area is 249 Å². The van der Waals surface area contributed by atoms with Crippen molar-refractivity contribution in [3.8, 4) is 28.0 Å². The molecule has 2 fully saturated rings. The number of benzene rings is 3. The van der Waals surface area contributed by atoms with Gasteiger partial charge < -0.3 is 4.74 Å². The summed E-state index contributed by atoms with van der Waals surface area (Å²) in [5.74, 6) is 0.639. The molecule has 0 N–H and O–H groups in total. The molecule has 1 nitrogen and oxygen atoms in total. The van der Waals surface area contributed by atoms with Crippen molar-refractivity contribution in [2.24, 2.45) is 17.8 Å². The van der Waals surface area contributed by atoms with Crippen LogP contribution in [0.15, 0.2) is 79.4 Å². The van der Waals surface area contributed by atoms with Crippen molar-refractivity contribution >= 4 is 0 Å². The Morgan fingerprint density at radius 3 is 2.00 bits per heavy atom. The molecule has 0 heterocycles. The maximum Gasteiger partial charge on any atom is 0.201 e. The van der Waals surface area contributed by atoms with Crippen molar-refractivity contribution in [1.29, 1.82) is 0 Å². The van der Waals surface area contributed by atoms with Crippen LogP contribution in [0.2, 0.25) is 0 Å². The Bertz CT molecular complexity index is 1360. The SMILES string of the molecule is C=CCOc1ccc(-c2ccc(-c3ccc(C4CCC(C5CCC(CC/C=C/C)CC5)CC4)cc3F)cc2)c(F)c1F. The minimum absolute atomic E-state index is 0.0919. The number of allylic oxidation sites excluding steroid dienone is 2. The number of ether oxygens (including phenoxy) is 1. The lowest BCUT2D eigenvalue weighted by Crippen LogP contribution is -2.25. The van der Waals surface area contributed by atoms with Gasteiger partial charge in [-0.3, -0.25) is 0 Å². The highest BCUT2D eigenvalue weighted by Gasteiger charge is 2.31. The third-order valence-corrected chi connectivity index (χ3v) is 9.68. The van der Waals surface area contributed by atoms with E-state index in [1.54, 1.807) is 30.3 Å². The third kappa shape index (κ3) is 7.02. The fourth-order valence-corrected chi connectivity index (χ4v) is 7.23. The molecule has 3 aromatic carbocycles. The first-order valence-electron chi connectivity index (χ1n) is 15.7. The molecule has 0 saturated heterocycles. The van der Waals surface area contributed by atoms with E-state index in [-0.39, 0.29) is 23.7 Å². The maximum atomic E-state index is 15.4. The van der Waals surface area contributed by atoms with Crippen LogP contribution in [-0.2, 0) is 0 Å². The highest BCUT2D eigenvalue weighted by atomic mass is 19.2. The Morgan fingerprint density at radius 1 is 0.762 bits per heavy atom. The zero-order valence-electron chi connectivity index (χ0n) is 24.8. The second-order valence-corrected chi connectivity index (χ2v) is 12.2. The van der Waals surface area contributed by atoms with Crippen LogP contribution in [0, 0.1) is 35.2 Å². The fourth-order valence-electron chi connectivity index (χ4n) is 7.23. The van der Waals surface area contributed by atoms with E-state index >= 15 is 4.39 Å². The predicted molar refractivity (Wildman–Crippen MR) is 167 cm³/mol. The summed E-state index contributed by atoms with van der Waals surface area (Å²) in [6, 6.07) is 15.5. The summed E-state index contributed by atoms with van der Waals surface area (Å²) in [6.45, 7) is 5.72. The molecule has 0 atom stereocenters. The first-order valence-corrected chi connectivity index (χ1v) is 15.7. The van der Waals surface area contributed by atoms with Gasteiger partial charge in [0.05, 0.1) is 0 Å². The molecule has 5 rings (SSSR count). The van der Waals surface area contributed by atoms with Gasteiger partial charge in [0.15, 0.2) is 11.6 Å². The average Bonchev–Trinajstić information content (AvgIpc) is 3.02. The molecule has 0 amide bonds. The molecule has 0 radical (unpaired) electrons. The van der Waals surface area contributed by atoms with E-state index in [2.05, 4.69) is 31.7 Å². The molecule has 3 aromatic rings. The second kappa shape index (κ2) is 14.3. The van der Waals surface area contributed by atoms with Crippen LogP contribution in [0.5, 0.6) is 5.75 Å². The molecule has 4 heteroatoms. The molecule has 0 spiro atoms. The molecule has 2 aliphatic carbocycles. The van der Waals surface area contributed by atoms with Crippen molar-refractivity contribution in [2.75, 3.05) is 6.61 Å². The summed E-state index contributed by atoms with van der Waals surface area (Å²) in [5.41, 5.74) is 2.97. The van der Waals surface area contributed by atoms with E-state index in [9.17, 15) is 8.78 Å². The van der Waals surface area contributed by atoms with E-state index in [0.29, 0.717) is 22.6 Å². The average molecular weight is 573 g/mol. The molecule has 0 bridgehead atoms. The molecule has 0 unspecified atom stereocenters. The highest BCUT2D eigenvalue weighted by Crippen LogP contribution is 2.45. The van der Waals surface area contributed by atoms with Crippen LogP contribution >= 0.6 is 0 Å². The van der Waals surface area contributed by atoms with Gasteiger partial charge in [0.25, 0.3) is 0 Å². The van der Waals surface area contributed by atoms with E-state index in [0.717, 1.165) is 36.2 Å². The van der Waals surface area contributed by atoms with Gasteiger partial charge in [-0.25, -0.2) is 8.78 Å². The van der Waals surface area contributed by atoms with Crippen molar-refractivity contribution in [2.45, 2.75) is 77.0 Å². The Morgan fingerprint density at radius 2 is 1.38 bits per heavy atom. The Kier molecular flexibility index (Phi) is 10.3. The van der Waals surface area contributed by atoms with Gasteiger partial charge in [0.1, 0.15) is 12.4 Å². The van der Waals surface area contributed by atoms with Gasteiger partial charge in [-0.15, -0.1) is 0 Å². The third-order valence-electron chi connectivity index (χ3n) is 9.68. The van der Waals surface area contributed by atoms with E-state index in [1.807, 2.05) is 6.07 Å². The van der Waals surface area contributed by atoms with E-state index in [1.165, 1.54) is 69.6 Å². The quantitative estimate of drug-likeness (QED) is 0.220. The van der Waals surface area contributed by atoms with Crippen molar-refractivity contribution < 1.29 is 17.9 Å². The largest absolute Gasteiger partial charge is 0.486 e.